The summed E-state index contributed by atoms with van der Waals surface area (Å²) in [7, 11) is -3.52. The molecule has 1 rings (SSSR count). The summed E-state index contributed by atoms with van der Waals surface area (Å²) in [6, 6.07) is 6.36. The van der Waals surface area contributed by atoms with E-state index in [4.69, 9.17) is 13.7 Å². The molecule has 1 aromatic rings. The lowest BCUT2D eigenvalue weighted by Gasteiger charge is -2.18. The molecule has 0 heterocycles. The fourth-order valence-corrected chi connectivity index (χ4v) is 1.48. The first kappa shape index (κ1) is 9.27. The van der Waals surface area contributed by atoms with Gasteiger partial charge in [0.2, 0.25) is 0 Å². The summed E-state index contributed by atoms with van der Waals surface area (Å²) in [6.07, 6.45) is 0. The lowest BCUT2D eigenvalue weighted by atomic mass is 10.4. The summed E-state index contributed by atoms with van der Waals surface area (Å²) >= 11 is 2.09. The highest BCUT2D eigenvalue weighted by Crippen LogP contribution is 2.43. The van der Waals surface area contributed by atoms with Crippen LogP contribution in [0.1, 0.15) is 0 Å². The van der Waals surface area contributed by atoms with Crippen molar-refractivity contribution in [2.24, 2.45) is 0 Å². The van der Waals surface area contributed by atoms with Gasteiger partial charge in [-0.25, -0.2) is 0 Å². The molecule has 0 saturated heterocycles. The largest absolute Gasteiger partial charge is 0.304 e. The van der Waals surface area contributed by atoms with Crippen LogP contribution < -0.4 is 0 Å². The molecule has 0 unspecified atom stereocenters. The molecule has 0 saturated carbocycles. The van der Waals surface area contributed by atoms with Gasteiger partial charge >= 0.3 is 0 Å². The lowest BCUT2D eigenvalue weighted by molar-refractivity contribution is 0.376. The SMILES string of the molecule is OS(O)(O)c1ccc(I)cc1. The van der Waals surface area contributed by atoms with Crippen LogP contribution in [-0.4, -0.2) is 13.7 Å². The predicted octanol–water partition coefficient (Wildman–Crippen LogP) is 2.87. The van der Waals surface area contributed by atoms with E-state index in [1.54, 1.807) is 12.1 Å². The quantitative estimate of drug-likeness (QED) is 0.696. The van der Waals surface area contributed by atoms with Crippen molar-refractivity contribution in [3.63, 3.8) is 0 Å². The maximum atomic E-state index is 8.77. The Bertz CT molecular complexity index is 241. The molecule has 3 N–H and O–H groups in total. The van der Waals surface area contributed by atoms with Crippen molar-refractivity contribution < 1.29 is 13.7 Å². The Hall–Kier alpha value is 0.180. The summed E-state index contributed by atoms with van der Waals surface area (Å²) < 4.78 is 27.3. The van der Waals surface area contributed by atoms with Gasteiger partial charge in [-0.15, -0.1) is 0 Å². The van der Waals surface area contributed by atoms with Crippen LogP contribution in [0.5, 0.6) is 0 Å². The van der Waals surface area contributed by atoms with E-state index in [0.29, 0.717) is 0 Å². The monoisotopic (exact) mass is 286 g/mol. The van der Waals surface area contributed by atoms with Crippen molar-refractivity contribution in [2.75, 3.05) is 0 Å². The minimum absolute atomic E-state index is 0.151. The zero-order valence-corrected chi connectivity index (χ0v) is 8.41. The lowest BCUT2D eigenvalue weighted by Crippen LogP contribution is -1.94. The maximum absolute atomic E-state index is 8.77. The smallest absolute Gasteiger partial charge is 0.112 e. The van der Waals surface area contributed by atoms with Crippen LogP contribution in [0.25, 0.3) is 0 Å². The minimum Gasteiger partial charge on any atom is -0.304 e. The third kappa shape index (κ3) is 2.60. The van der Waals surface area contributed by atoms with E-state index in [2.05, 4.69) is 22.6 Å². The molecule has 0 aliphatic rings. The Balaban J connectivity index is 2.99. The van der Waals surface area contributed by atoms with Crippen LogP contribution >= 0.6 is 33.5 Å². The second kappa shape index (κ2) is 3.28. The van der Waals surface area contributed by atoms with Gasteiger partial charge in [0.15, 0.2) is 0 Å². The number of hydrogen-bond donors (Lipinski definition) is 3. The highest BCUT2D eigenvalue weighted by atomic mass is 127. The number of halogens is 1. The van der Waals surface area contributed by atoms with Crippen molar-refractivity contribution in [2.45, 2.75) is 4.90 Å². The van der Waals surface area contributed by atoms with E-state index in [9.17, 15) is 0 Å². The van der Waals surface area contributed by atoms with E-state index in [-0.39, 0.29) is 4.90 Å². The standard InChI is InChI=1S/C6H7IO3S/c7-5-1-3-6(4-2-5)11(8,9)10/h1-4,8-10H. The first-order chi connectivity index (χ1) is 5.00. The van der Waals surface area contributed by atoms with Gasteiger partial charge in [0.1, 0.15) is 10.9 Å². The average Bonchev–Trinajstić information content (AvgIpc) is 1.86. The number of benzene rings is 1. The van der Waals surface area contributed by atoms with Crippen molar-refractivity contribution in [3.05, 3.63) is 27.8 Å². The summed E-state index contributed by atoms with van der Waals surface area (Å²) in [5.41, 5.74) is 0. The van der Waals surface area contributed by atoms with Crippen LogP contribution in [-0.2, 0) is 0 Å². The van der Waals surface area contributed by atoms with Crippen LogP contribution in [0.15, 0.2) is 29.2 Å². The van der Waals surface area contributed by atoms with Crippen molar-refractivity contribution >= 4 is 33.5 Å². The fraction of sp³-hybridized carbons (Fsp3) is 0. The predicted molar refractivity (Wildman–Crippen MR) is 52.9 cm³/mol. The van der Waals surface area contributed by atoms with Crippen LogP contribution in [0.3, 0.4) is 0 Å². The minimum atomic E-state index is -3.52. The van der Waals surface area contributed by atoms with Crippen LogP contribution in [0, 0.1) is 3.57 Å². The second-order valence-electron chi connectivity index (χ2n) is 1.97. The highest BCUT2D eigenvalue weighted by Gasteiger charge is 2.13. The average molecular weight is 286 g/mol. The molecule has 0 bridgehead atoms. The summed E-state index contributed by atoms with van der Waals surface area (Å²) in [6.45, 7) is 0. The molecule has 0 radical (unpaired) electrons. The molecular formula is C6H7IO3S. The molecule has 11 heavy (non-hydrogen) atoms. The fourth-order valence-electron chi connectivity index (χ4n) is 0.617. The Morgan fingerprint density at radius 2 is 1.45 bits per heavy atom. The van der Waals surface area contributed by atoms with Gasteiger partial charge < -0.3 is 13.7 Å². The van der Waals surface area contributed by atoms with E-state index in [1.165, 1.54) is 12.1 Å². The highest BCUT2D eigenvalue weighted by molar-refractivity contribution is 14.1. The van der Waals surface area contributed by atoms with E-state index in [0.717, 1.165) is 3.57 Å². The van der Waals surface area contributed by atoms with Crippen LogP contribution in [0.4, 0.5) is 0 Å². The van der Waals surface area contributed by atoms with E-state index >= 15 is 0 Å². The Labute approximate surface area is 79.8 Å². The summed E-state index contributed by atoms with van der Waals surface area (Å²) in [5, 5.41) is 0. The molecule has 0 spiro atoms. The molecule has 0 aliphatic heterocycles. The van der Waals surface area contributed by atoms with E-state index < -0.39 is 10.9 Å². The zero-order chi connectivity index (χ0) is 8.48. The van der Waals surface area contributed by atoms with Gasteiger partial charge in [-0.3, -0.25) is 0 Å². The van der Waals surface area contributed by atoms with Gasteiger partial charge in [0, 0.05) is 3.57 Å². The van der Waals surface area contributed by atoms with Gasteiger partial charge in [0.05, 0.1) is 4.90 Å². The Morgan fingerprint density at radius 3 is 1.82 bits per heavy atom. The normalized spacial score (nSPS) is 13.1. The first-order valence-corrected chi connectivity index (χ1v) is 5.34. The third-order valence-corrected chi connectivity index (χ3v) is 2.75. The van der Waals surface area contributed by atoms with Gasteiger partial charge in [-0.2, -0.15) is 0 Å². The maximum Gasteiger partial charge on any atom is 0.112 e. The zero-order valence-electron chi connectivity index (χ0n) is 5.44. The topological polar surface area (TPSA) is 60.7 Å². The molecule has 62 valence electrons. The molecule has 0 atom stereocenters. The van der Waals surface area contributed by atoms with Crippen LogP contribution in [0.2, 0.25) is 0 Å². The molecule has 1 aromatic carbocycles. The van der Waals surface area contributed by atoms with Gasteiger partial charge in [-0.1, -0.05) is 0 Å². The number of rotatable bonds is 1. The molecule has 5 heteroatoms. The van der Waals surface area contributed by atoms with Crippen molar-refractivity contribution in [3.8, 4) is 0 Å². The summed E-state index contributed by atoms with van der Waals surface area (Å²) in [5.74, 6) is 0. The Kier molecular flexibility index (Phi) is 2.76. The second-order valence-corrected chi connectivity index (χ2v) is 4.73. The van der Waals surface area contributed by atoms with Crippen molar-refractivity contribution in [1.29, 1.82) is 0 Å². The van der Waals surface area contributed by atoms with Gasteiger partial charge in [0.25, 0.3) is 0 Å². The molecule has 3 nitrogen and oxygen atoms in total. The van der Waals surface area contributed by atoms with E-state index in [1.807, 2.05) is 0 Å². The van der Waals surface area contributed by atoms with Gasteiger partial charge in [-0.05, 0) is 46.9 Å². The molecular weight excluding hydrogens is 279 g/mol. The molecule has 0 amide bonds. The molecule has 0 fully saturated rings. The molecule has 0 aromatic heterocycles. The first-order valence-electron chi connectivity index (χ1n) is 2.76. The summed E-state index contributed by atoms with van der Waals surface area (Å²) in [4.78, 5) is 0.151. The third-order valence-electron chi connectivity index (χ3n) is 1.13. The molecule has 0 aliphatic carbocycles. The Morgan fingerprint density at radius 1 is 1.00 bits per heavy atom. The van der Waals surface area contributed by atoms with Crippen molar-refractivity contribution in [1.82, 2.24) is 0 Å². The number of hydrogen-bond acceptors (Lipinski definition) is 3.